The first kappa shape index (κ1) is 40.9. The predicted molar refractivity (Wildman–Crippen MR) is 295 cm³/mol. The molecule has 4 nitrogen and oxygen atoms in total. The molecule has 0 aliphatic carbocycles. The van der Waals surface area contributed by atoms with Crippen LogP contribution in [0.2, 0.25) is 0 Å². The molecule has 0 fully saturated rings. The quantitative estimate of drug-likeness (QED) is 0.136. The van der Waals surface area contributed by atoms with Crippen molar-refractivity contribution in [3.05, 3.63) is 279 Å². The van der Waals surface area contributed by atoms with E-state index in [4.69, 9.17) is 0 Å². The molecule has 2 aromatic heterocycles. The molecule has 0 bridgehead atoms. The van der Waals surface area contributed by atoms with Crippen molar-refractivity contribution in [2.75, 3.05) is 9.80 Å². The van der Waals surface area contributed by atoms with Crippen LogP contribution < -0.4 is 9.80 Å². The second-order valence-electron chi connectivity index (χ2n) is 17.7. The van der Waals surface area contributed by atoms with Gasteiger partial charge in [-0.1, -0.05) is 170 Å². The Morgan fingerprint density at radius 2 is 0.486 bits per heavy atom. The van der Waals surface area contributed by atoms with Crippen molar-refractivity contribution in [2.45, 2.75) is 0 Å². The van der Waals surface area contributed by atoms with Gasteiger partial charge in [-0.3, -0.25) is 0 Å². The molecular formula is C66H46N4. The zero-order valence-electron chi connectivity index (χ0n) is 38.3. The van der Waals surface area contributed by atoms with Crippen molar-refractivity contribution in [2.24, 2.45) is 0 Å². The normalized spacial score (nSPS) is 11.4. The number of fused-ring (bicyclic) bond motifs is 7. The van der Waals surface area contributed by atoms with Crippen molar-refractivity contribution in [1.82, 2.24) is 9.13 Å². The first-order valence-corrected chi connectivity index (χ1v) is 23.9. The fourth-order valence-electron chi connectivity index (χ4n) is 10.7. The number of benzene rings is 11. The Hall–Kier alpha value is -9.38. The molecule has 330 valence electrons. The summed E-state index contributed by atoms with van der Waals surface area (Å²) in [4.78, 5) is 4.67. The summed E-state index contributed by atoms with van der Waals surface area (Å²) in [6, 6.07) is 101. The van der Waals surface area contributed by atoms with Crippen molar-refractivity contribution >= 4 is 77.7 Å². The zero-order chi connectivity index (χ0) is 46.4. The minimum atomic E-state index is 1.08. The van der Waals surface area contributed by atoms with Gasteiger partial charge in [0.1, 0.15) is 0 Å². The van der Waals surface area contributed by atoms with Crippen molar-refractivity contribution < 1.29 is 0 Å². The highest BCUT2D eigenvalue weighted by Crippen LogP contribution is 2.53. The van der Waals surface area contributed by atoms with Gasteiger partial charge < -0.3 is 18.9 Å². The van der Waals surface area contributed by atoms with Crippen LogP contribution in [0.4, 0.5) is 34.1 Å². The van der Waals surface area contributed by atoms with Crippen LogP contribution in [0.15, 0.2) is 279 Å². The van der Waals surface area contributed by atoms with E-state index >= 15 is 0 Å². The largest absolute Gasteiger partial charge is 0.311 e. The van der Waals surface area contributed by atoms with E-state index < -0.39 is 0 Å². The monoisotopic (exact) mass is 894 g/mol. The molecule has 0 spiro atoms. The van der Waals surface area contributed by atoms with Crippen molar-refractivity contribution in [1.29, 1.82) is 0 Å². The van der Waals surface area contributed by atoms with E-state index in [1.807, 2.05) is 0 Å². The lowest BCUT2D eigenvalue weighted by atomic mass is 9.86. The highest BCUT2D eigenvalue weighted by atomic mass is 15.1. The van der Waals surface area contributed by atoms with Gasteiger partial charge in [0, 0.05) is 78.2 Å². The molecule has 0 aliphatic rings. The molecule has 11 aromatic carbocycles. The topological polar surface area (TPSA) is 16.3 Å². The third-order valence-electron chi connectivity index (χ3n) is 13.6. The molecule has 2 heterocycles. The first-order chi connectivity index (χ1) is 34.8. The Morgan fingerprint density at radius 1 is 0.229 bits per heavy atom. The first-order valence-electron chi connectivity index (χ1n) is 23.9. The average Bonchev–Trinajstić information content (AvgIpc) is 3.97. The van der Waals surface area contributed by atoms with Crippen LogP contribution in [0, 0.1) is 0 Å². The Bertz CT molecular complexity index is 3600. The van der Waals surface area contributed by atoms with Gasteiger partial charge in [0.15, 0.2) is 0 Å². The molecule has 0 unspecified atom stereocenters. The maximum absolute atomic E-state index is 2.50. The number of hydrogen-bond acceptors (Lipinski definition) is 2. The molecule has 4 heteroatoms. The lowest BCUT2D eigenvalue weighted by molar-refractivity contribution is 1.15. The number of hydrogen-bond donors (Lipinski definition) is 0. The maximum atomic E-state index is 2.50. The van der Waals surface area contributed by atoms with Crippen LogP contribution in [0.1, 0.15) is 0 Å². The predicted octanol–water partition coefficient (Wildman–Crippen LogP) is 18.2. The Balaban J connectivity index is 1.16. The van der Waals surface area contributed by atoms with E-state index in [0.29, 0.717) is 0 Å². The van der Waals surface area contributed by atoms with E-state index in [-0.39, 0.29) is 0 Å². The summed E-state index contributed by atoms with van der Waals surface area (Å²) >= 11 is 0. The second-order valence-corrected chi connectivity index (χ2v) is 17.7. The number of anilines is 6. The third-order valence-corrected chi connectivity index (χ3v) is 13.6. The minimum absolute atomic E-state index is 1.08. The summed E-state index contributed by atoms with van der Waals surface area (Å²) in [5.41, 5.74) is 18.1. The number of para-hydroxylation sites is 8. The minimum Gasteiger partial charge on any atom is -0.311 e. The highest BCUT2D eigenvalue weighted by molar-refractivity contribution is 6.33. The van der Waals surface area contributed by atoms with Gasteiger partial charge in [-0.25, -0.2) is 0 Å². The molecule has 0 saturated carbocycles. The van der Waals surface area contributed by atoms with Gasteiger partial charge in [0.05, 0.1) is 22.1 Å². The Morgan fingerprint density at radius 3 is 0.800 bits per heavy atom. The molecule has 70 heavy (non-hydrogen) atoms. The van der Waals surface area contributed by atoms with Gasteiger partial charge in [0.2, 0.25) is 0 Å². The standard InChI is InChI=1S/C66H46N4/c1-7-23-49(24-8-1)67(50-25-9-2-10-26-50)55-43-39-47(40-44-55)61-62(48-41-45-56(46-42-48)68(51-27-11-3-12-28-51)52-29-13-4-14-30-52)64-58-36-20-22-38-60(58)70(54-33-17-6-18-34-54)66(64)65-63(61)57-35-19-21-37-59(57)69(65)53-31-15-5-16-32-53/h1-46H. The number of rotatable bonds is 10. The van der Waals surface area contributed by atoms with Crippen molar-refractivity contribution in [3.63, 3.8) is 0 Å². The van der Waals surface area contributed by atoms with Gasteiger partial charge in [-0.2, -0.15) is 0 Å². The van der Waals surface area contributed by atoms with Gasteiger partial charge in [-0.05, 0) is 120 Å². The summed E-state index contributed by atoms with van der Waals surface area (Å²) < 4.78 is 5.00. The Labute approximate surface area is 407 Å². The summed E-state index contributed by atoms with van der Waals surface area (Å²) in [5.74, 6) is 0. The number of aromatic nitrogens is 2. The lowest BCUT2D eigenvalue weighted by Crippen LogP contribution is -2.09. The molecule has 0 saturated heterocycles. The van der Waals surface area contributed by atoms with Crippen LogP contribution in [-0.2, 0) is 0 Å². The van der Waals surface area contributed by atoms with Gasteiger partial charge in [-0.15, -0.1) is 0 Å². The molecule has 13 rings (SSSR count). The van der Waals surface area contributed by atoms with E-state index in [0.717, 1.165) is 78.7 Å². The molecule has 13 aromatic rings. The lowest BCUT2D eigenvalue weighted by Gasteiger charge is -2.26. The average molecular weight is 895 g/mol. The van der Waals surface area contributed by atoms with Crippen LogP contribution >= 0.6 is 0 Å². The van der Waals surface area contributed by atoms with E-state index in [9.17, 15) is 0 Å². The molecule has 0 radical (unpaired) electrons. The molecule has 0 amide bonds. The second kappa shape index (κ2) is 17.4. The van der Waals surface area contributed by atoms with Gasteiger partial charge in [0.25, 0.3) is 0 Å². The SMILES string of the molecule is c1ccc(N(c2ccccc2)c2ccc(-c3c(-c4ccc(N(c5ccccc5)c5ccccc5)cc4)c4c5ccccc5n(-c5ccccc5)c4c4c3c3ccccc3n4-c3ccccc3)cc2)cc1. The molecular weight excluding hydrogens is 849 g/mol. The van der Waals surface area contributed by atoms with Crippen molar-refractivity contribution in [3.8, 4) is 33.6 Å². The van der Waals surface area contributed by atoms with Gasteiger partial charge >= 0.3 is 0 Å². The zero-order valence-corrected chi connectivity index (χ0v) is 38.3. The highest BCUT2D eigenvalue weighted by Gasteiger charge is 2.29. The van der Waals surface area contributed by atoms with E-state index in [1.165, 1.54) is 32.7 Å². The maximum Gasteiger partial charge on any atom is 0.0795 e. The molecule has 0 N–H and O–H groups in total. The van der Waals surface area contributed by atoms with E-state index in [2.05, 4.69) is 298 Å². The van der Waals surface area contributed by atoms with Crippen LogP contribution in [0.25, 0.3) is 77.2 Å². The number of nitrogens with zero attached hydrogens (tertiary/aromatic N) is 4. The fourth-order valence-corrected chi connectivity index (χ4v) is 10.7. The summed E-state index contributed by atoms with van der Waals surface area (Å²) in [7, 11) is 0. The summed E-state index contributed by atoms with van der Waals surface area (Å²) in [6.45, 7) is 0. The third kappa shape index (κ3) is 6.85. The van der Waals surface area contributed by atoms with Crippen LogP contribution in [0.5, 0.6) is 0 Å². The molecule has 0 aliphatic heterocycles. The molecule has 0 atom stereocenters. The fraction of sp³-hybridized carbons (Fsp3) is 0. The van der Waals surface area contributed by atoms with Crippen LogP contribution in [0.3, 0.4) is 0 Å². The Kier molecular flexibility index (Phi) is 10.1. The van der Waals surface area contributed by atoms with Crippen LogP contribution in [-0.4, -0.2) is 9.13 Å². The smallest absolute Gasteiger partial charge is 0.0795 e. The summed E-state index contributed by atoms with van der Waals surface area (Å²) in [5, 5.41) is 4.80. The summed E-state index contributed by atoms with van der Waals surface area (Å²) in [6.07, 6.45) is 0. The van der Waals surface area contributed by atoms with E-state index in [1.54, 1.807) is 0 Å².